The van der Waals surface area contributed by atoms with Crippen molar-refractivity contribution in [3.05, 3.63) is 34.9 Å². The third-order valence-corrected chi connectivity index (χ3v) is 3.60. The first-order valence-electron chi connectivity index (χ1n) is 6.65. The average molecular weight is 263 g/mol. The number of aliphatic hydroxyl groups excluding tert-OH is 1. The first-order chi connectivity index (χ1) is 9.11. The third-order valence-electron chi connectivity index (χ3n) is 3.60. The van der Waals surface area contributed by atoms with Crippen LogP contribution < -0.4 is 0 Å². The molecule has 0 aromatic heterocycles. The van der Waals surface area contributed by atoms with Crippen molar-refractivity contribution in [1.82, 2.24) is 4.90 Å². The second-order valence-electron chi connectivity index (χ2n) is 5.12. The minimum Gasteiger partial charge on any atom is -0.395 e. The van der Waals surface area contributed by atoms with Crippen molar-refractivity contribution < 1.29 is 14.6 Å². The predicted octanol–water partition coefficient (Wildman–Crippen LogP) is 1.18. The van der Waals surface area contributed by atoms with Gasteiger partial charge in [0.2, 0.25) is 0 Å². The lowest BCUT2D eigenvalue weighted by Crippen LogP contribution is -2.49. The Labute approximate surface area is 114 Å². The van der Waals surface area contributed by atoms with E-state index in [0.29, 0.717) is 26.3 Å². The highest BCUT2D eigenvalue weighted by Crippen LogP contribution is 2.14. The van der Waals surface area contributed by atoms with E-state index in [4.69, 9.17) is 4.74 Å². The molecule has 0 bridgehead atoms. The molecule has 0 aliphatic carbocycles. The number of aryl methyl sites for hydroxylation is 2. The van der Waals surface area contributed by atoms with Gasteiger partial charge in [-0.2, -0.15) is 0 Å². The maximum atomic E-state index is 12.4. The zero-order chi connectivity index (χ0) is 13.8. The third kappa shape index (κ3) is 3.41. The predicted molar refractivity (Wildman–Crippen MR) is 73.5 cm³/mol. The minimum atomic E-state index is -0.0668. The summed E-state index contributed by atoms with van der Waals surface area (Å²) in [6.45, 7) is 6.13. The van der Waals surface area contributed by atoms with E-state index in [2.05, 4.69) is 0 Å². The van der Waals surface area contributed by atoms with Crippen LogP contribution in [-0.4, -0.2) is 54.7 Å². The summed E-state index contributed by atoms with van der Waals surface area (Å²) in [7, 11) is 0. The van der Waals surface area contributed by atoms with Gasteiger partial charge in [0.1, 0.15) is 0 Å². The fourth-order valence-electron chi connectivity index (χ4n) is 2.37. The minimum absolute atomic E-state index is 0.0279. The molecular formula is C15H21NO3. The summed E-state index contributed by atoms with van der Waals surface area (Å²) in [4.78, 5) is 14.4. The van der Waals surface area contributed by atoms with Crippen LogP contribution in [-0.2, 0) is 4.74 Å². The number of nitrogens with zero attached hydrogens (tertiary/aromatic N) is 1. The Bertz CT molecular complexity index is 459. The van der Waals surface area contributed by atoms with E-state index in [0.717, 1.165) is 16.7 Å². The zero-order valence-corrected chi connectivity index (χ0v) is 11.6. The molecule has 1 heterocycles. The lowest BCUT2D eigenvalue weighted by Gasteiger charge is -2.33. The molecule has 19 heavy (non-hydrogen) atoms. The van der Waals surface area contributed by atoms with Crippen LogP contribution in [0.5, 0.6) is 0 Å². The lowest BCUT2D eigenvalue weighted by atomic mass is 10.0. The van der Waals surface area contributed by atoms with E-state index in [1.807, 2.05) is 36.9 Å². The monoisotopic (exact) mass is 263 g/mol. The Hall–Kier alpha value is -1.23. The van der Waals surface area contributed by atoms with E-state index in [1.165, 1.54) is 0 Å². The SMILES string of the molecule is Cc1ccc(C)c(C(=O)CN2CCOCC2CO)c1. The number of rotatable bonds is 4. The molecule has 0 amide bonds. The van der Waals surface area contributed by atoms with Crippen molar-refractivity contribution in [1.29, 1.82) is 0 Å². The summed E-state index contributed by atoms with van der Waals surface area (Å²) in [5.41, 5.74) is 2.88. The summed E-state index contributed by atoms with van der Waals surface area (Å²) >= 11 is 0. The number of Topliss-reactive ketones (excluding diaryl/α,β-unsaturated/α-hetero) is 1. The van der Waals surface area contributed by atoms with Crippen LogP contribution >= 0.6 is 0 Å². The van der Waals surface area contributed by atoms with Gasteiger partial charge in [0.15, 0.2) is 5.78 Å². The van der Waals surface area contributed by atoms with Crippen LogP contribution in [0, 0.1) is 13.8 Å². The summed E-state index contributed by atoms with van der Waals surface area (Å²) in [6, 6.07) is 5.86. The Morgan fingerprint density at radius 2 is 2.26 bits per heavy atom. The van der Waals surface area contributed by atoms with Gasteiger partial charge in [0.25, 0.3) is 0 Å². The van der Waals surface area contributed by atoms with Gasteiger partial charge < -0.3 is 9.84 Å². The molecule has 0 radical (unpaired) electrons. The molecule has 1 saturated heterocycles. The fourth-order valence-corrected chi connectivity index (χ4v) is 2.37. The highest BCUT2D eigenvalue weighted by molar-refractivity contribution is 5.99. The molecular weight excluding hydrogens is 242 g/mol. The van der Waals surface area contributed by atoms with Crippen LogP contribution in [0.3, 0.4) is 0 Å². The number of hydrogen-bond acceptors (Lipinski definition) is 4. The van der Waals surface area contributed by atoms with E-state index in [-0.39, 0.29) is 18.4 Å². The number of morpholine rings is 1. The van der Waals surface area contributed by atoms with Crippen LogP contribution in [0.2, 0.25) is 0 Å². The van der Waals surface area contributed by atoms with Crippen LogP contribution in [0.4, 0.5) is 0 Å². The number of carbonyl (C=O) groups is 1. The van der Waals surface area contributed by atoms with Gasteiger partial charge in [-0.1, -0.05) is 17.7 Å². The van der Waals surface area contributed by atoms with E-state index >= 15 is 0 Å². The summed E-state index contributed by atoms with van der Waals surface area (Å²) in [5, 5.41) is 9.31. The van der Waals surface area contributed by atoms with E-state index in [9.17, 15) is 9.90 Å². The standard InChI is InChI=1S/C15H21NO3/c1-11-3-4-12(2)14(7-11)15(18)8-16-5-6-19-10-13(16)9-17/h3-4,7,13,17H,5-6,8-10H2,1-2H3. The molecule has 1 N–H and O–H groups in total. The first kappa shape index (κ1) is 14.2. The highest BCUT2D eigenvalue weighted by atomic mass is 16.5. The van der Waals surface area contributed by atoms with Gasteiger partial charge >= 0.3 is 0 Å². The maximum absolute atomic E-state index is 12.4. The summed E-state index contributed by atoms with van der Waals surface area (Å²) in [5.74, 6) is 0.113. The maximum Gasteiger partial charge on any atom is 0.177 e. The number of ether oxygens (including phenoxy) is 1. The Kier molecular flexibility index (Phi) is 4.69. The average Bonchev–Trinajstić information content (AvgIpc) is 2.42. The summed E-state index contributed by atoms with van der Waals surface area (Å²) in [6.07, 6.45) is 0. The largest absolute Gasteiger partial charge is 0.395 e. The van der Waals surface area contributed by atoms with E-state index in [1.54, 1.807) is 0 Å². The first-order valence-corrected chi connectivity index (χ1v) is 6.65. The van der Waals surface area contributed by atoms with Gasteiger partial charge in [0.05, 0.1) is 32.4 Å². The van der Waals surface area contributed by atoms with Gasteiger partial charge in [-0.05, 0) is 25.5 Å². The summed E-state index contributed by atoms with van der Waals surface area (Å²) < 4.78 is 5.32. The Morgan fingerprint density at radius 1 is 1.47 bits per heavy atom. The van der Waals surface area contributed by atoms with Crippen LogP contribution in [0.25, 0.3) is 0 Å². The molecule has 1 aromatic rings. The Balaban J connectivity index is 2.09. The molecule has 0 spiro atoms. The van der Waals surface area contributed by atoms with Crippen molar-refractivity contribution in [3.63, 3.8) is 0 Å². The number of carbonyl (C=O) groups excluding carboxylic acids is 1. The van der Waals surface area contributed by atoms with Crippen LogP contribution in [0.15, 0.2) is 18.2 Å². The number of aliphatic hydroxyl groups is 1. The molecule has 2 rings (SSSR count). The molecule has 4 nitrogen and oxygen atoms in total. The van der Waals surface area contributed by atoms with Crippen molar-refractivity contribution in [2.24, 2.45) is 0 Å². The van der Waals surface area contributed by atoms with Crippen molar-refractivity contribution in [3.8, 4) is 0 Å². The normalized spacial score (nSPS) is 20.5. The smallest absolute Gasteiger partial charge is 0.177 e. The number of ketones is 1. The zero-order valence-electron chi connectivity index (χ0n) is 11.6. The quantitative estimate of drug-likeness (QED) is 0.829. The molecule has 1 fully saturated rings. The second-order valence-corrected chi connectivity index (χ2v) is 5.12. The van der Waals surface area contributed by atoms with Crippen molar-refractivity contribution >= 4 is 5.78 Å². The molecule has 1 aliphatic rings. The number of hydrogen-bond donors (Lipinski definition) is 1. The Morgan fingerprint density at radius 3 is 3.00 bits per heavy atom. The number of benzene rings is 1. The van der Waals surface area contributed by atoms with Crippen molar-refractivity contribution in [2.75, 3.05) is 32.9 Å². The van der Waals surface area contributed by atoms with Gasteiger partial charge in [-0.15, -0.1) is 0 Å². The second kappa shape index (κ2) is 6.28. The fraction of sp³-hybridized carbons (Fsp3) is 0.533. The molecule has 1 unspecified atom stereocenters. The van der Waals surface area contributed by atoms with Gasteiger partial charge in [-0.3, -0.25) is 9.69 Å². The molecule has 104 valence electrons. The molecule has 4 heteroatoms. The molecule has 0 saturated carbocycles. The molecule has 1 aromatic carbocycles. The molecule has 1 atom stereocenters. The highest BCUT2D eigenvalue weighted by Gasteiger charge is 2.24. The van der Waals surface area contributed by atoms with Gasteiger partial charge in [0, 0.05) is 12.1 Å². The van der Waals surface area contributed by atoms with Crippen LogP contribution in [0.1, 0.15) is 21.5 Å². The molecule has 1 aliphatic heterocycles. The van der Waals surface area contributed by atoms with E-state index < -0.39 is 0 Å². The van der Waals surface area contributed by atoms with Gasteiger partial charge in [-0.25, -0.2) is 0 Å². The van der Waals surface area contributed by atoms with Crippen molar-refractivity contribution in [2.45, 2.75) is 19.9 Å². The lowest BCUT2D eigenvalue weighted by molar-refractivity contribution is -0.0240. The topological polar surface area (TPSA) is 49.8 Å².